The molecule has 0 heterocycles. The topological polar surface area (TPSA) is 9.23 Å². The molecule has 0 radical (unpaired) electrons. The fourth-order valence-corrected chi connectivity index (χ4v) is 3.27. The summed E-state index contributed by atoms with van der Waals surface area (Å²) < 4.78 is 6.28. The molecule has 0 N–H and O–H groups in total. The summed E-state index contributed by atoms with van der Waals surface area (Å²) in [4.78, 5) is 0. The molecule has 1 rings (SSSR count). The van der Waals surface area contributed by atoms with E-state index >= 15 is 0 Å². The number of hydrogen-bond acceptors (Lipinski definition) is 1. The summed E-state index contributed by atoms with van der Waals surface area (Å²) >= 11 is 0. The van der Waals surface area contributed by atoms with Crippen molar-refractivity contribution in [1.29, 1.82) is 0 Å². The Morgan fingerprint density at radius 2 is 1.88 bits per heavy atom. The second-order valence-corrected chi connectivity index (χ2v) is 11.0. The first kappa shape index (κ1) is 13.8. The summed E-state index contributed by atoms with van der Waals surface area (Å²) in [6.07, 6.45) is 6.22. The highest BCUT2D eigenvalue weighted by Gasteiger charge is 2.27. The summed E-state index contributed by atoms with van der Waals surface area (Å²) in [5, 5.41) is 0. The van der Waals surface area contributed by atoms with E-state index in [1.807, 2.05) is 0 Å². The smallest absolute Gasteiger partial charge is 0.241 e. The molecule has 0 fully saturated rings. The lowest BCUT2D eigenvalue weighted by molar-refractivity contribution is 0.276. The Kier molecular flexibility index (Phi) is 4.66. The molecule has 0 aromatic heterocycles. The Bertz CT molecular complexity index is 250. The monoisotopic (exact) mass is 240 g/mol. The predicted molar refractivity (Wildman–Crippen MR) is 73.9 cm³/mol. The molecule has 94 valence electrons. The van der Waals surface area contributed by atoms with Crippen molar-refractivity contribution in [2.45, 2.75) is 59.7 Å². The molecule has 0 aromatic carbocycles. The van der Waals surface area contributed by atoms with E-state index in [1.165, 1.54) is 25.0 Å². The Morgan fingerprint density at radius 3 is 2.38 bits per heavy atom. The molecule has 2 heteroatoms. The predicted octanol–water partition coefficient (Wildman–Crippen LogP) is 4.81. The molecule has 1 aliphatic rings. The summed E-state index contributed by atoms with van der Waals surface area (Å²) in [6.45, 7) is 13.8. The van der Waals surface area contributed by atoms with Crippen molar-refractivity contribution in [3.8, 4) is 0 Å². The minimum absolute atomic E-state index is 0.650. The number of allylic oxidation sites excluding steroid dienone is 2. The van der Waals surface area contributed by atoms with Crippen molar-refractivity contribution < 1.29 is 4.43 Å². The first-order valence-corrected chi connectivity index (χ1v) is 10.1. The van der Waals surface area contributed by atoms with E-state index in [0.717, 1.165) is 5.92 Å². The maximum absolute atomic E-state index is 6.28. The van der Waals surface area contributed by atoms with E-state index in [0.29, 0.717) is 11.8 Å². The van der Waals surface area contributed by atoms with Crippen molar-refractivity contribution >= 4 is 8.32 Å². The molecule has 0 aromatic rings. The average Bonchev–Trinajstić information content (AvgIpc) is 2.26. The third-order valence-corrected chi connectivity index (χ3v) is 4.13. The van der Waals surface area contributed by atoms with Crippen molar-refractivity contribution in [1.82, 2.24) is 0 Å². The van der Waals surface area contributed by atoms with Gasteiger partial charge in [0.25, 0.3) is 0 Å². The first-order chi connectivity index (χ1) is 7.29. The minimum atomic E-state index is -1.44. The molecule has 0 aliphatic heterocycles. The van der Waals surface area contributed by atoms with Crippen LogP contribution in [0.2, 0.25) is 19.6 Å². The van der Waals surface area contributed by atoms with Crippen molar-refractivity contribution in [3.63, 3.8) is 0 Å². The second-order valence-electron chi connectivity index (χ2n) is 6.59. The van der Waals surface area contributed by atoms with Gasteiger partial charge in [0.2, 0.25) is 8.32 Å². The minimum Gasteiger partial charge on any atom is -0.547 e. The van der Waals surface area contributed by atoms with Crippen LogP contribution < -0.4 is 0 Å². The molecule has 0 saturated heterocycles. The highest BCUT2D eigenvalue weighted by Crippen LogP contribution is 2.34. The lowest BCUT2D eigenvalue weighted by atomic mass is 9.89. The number of rotatable bonds is 3. The van der Waals surface area contributed by atoms with Crippen LogP contribution in [0, 0.1) is 17.8 Å². The van der Waals surface area contributed by atoms with E-state index in [-0.39, 0.29) is 0 Å². The van der Waals surface area contributed by atoms with E-state index in [9.17, 15) is 0 Å². The van der Waals surface area contributed by atoms with Crippen LogP contribution in [0.4, 0.5) is 0 Å². The van der Waals surface area contributed by atoms with Gasteiger partial charge < -0.3 is 4.43 Å². The number of hydrogen-bond donors (Lipinski definition) is 0. The molecular weight excluding hydrogens is 212 g/mol. The summed E-state index contributed by atoms with van der Waals surface area (Å²) in [5.41, 5.74) is 0. The SMILES string of the molecule is CC(C)[C@@H]1CC[C@@H](C)CC=C1O[Si](C)(C)C. The fourth-order valence-electron chi connectivity index (χ4n) is 2.33. The third-order valence-electron chi connectivity index (χ3n) is 3.29. The van der Waals surface area contributed by atoms with Crippen molar-refractivity contribution in [3.05, 3.63) is 11.8 Å². The van der Waals surface area contributed by atoms with E-state index < -0.39 is 8.32 Å². The van der Waals surface area contributed by atoms with Gasteiger partial charge in [0.15, 0.2) is 0 Å². The molecule has 1 aliphatic carbocycles. The Morgan fingerprint density at radius 1 is 1.25 bits per heavy atom. The van der Waals surface area contributed by atoms with Gasteiger partial charge in [0.05, 0.1) is 5.76 Å². The van der Waals surface area contributed by atoms with Gasteiger partial charge in [-0.1, -0.05) is 20.8 Å². The van der Waals surface area contributed by atoms with Gasteiger partial charge in [-0.25, -0.2) is 0 Å². The first-order valence-electron chi connectivity index (χ1n) is 6.68. The molecule has 0 unspecified atom stereocenters. The molecule has 1 nitrogen and oxygen atoms in total. The van der Waals surface area contributed by atoms with Crippen LogP contribution in [0.3, 0.4) is 0 Å². The van der Waals surface area contributed by atoms with Crippen molar-refractivity contribution in [2.75, 3.05) is 0 Å². The lowest BCUT2D eigenvalue weighted by Gasteiger charge is -2.29. The van der Waals surface area contributed by atoms with Crippen LogP contribution in [0.5, 0.6) is 0 Å². The van der Waals surface area contributed by atoms with E-state index in [1.54, 1.807) is 0 Å². The van der Waals surface area contributed by atoms with Gasteiger partial charge in [-0.2, -0.15) is 0 Å². The largest absolute Gasteiger partial charge is 0.547 e. The molecule has 16 heavy (non-hydrogen) atoms. The van der Waals surface area contributed by atoms with Gasteiger partial charge >= 0.3 is 0 Å². The van der Waals surface area contributed by atoms with Crippen LogP contribution in [0.1, 0.15) is 40.0 Å². The van der Waals surface area contributed by atoms with Gasteiger partial charge in [0, 0.05) is 5.92 Å². The zero-order chi connectivity index (χ0) is 12.3. The Labute approximate surface area is 102 Å². The van der Waals surface area contributed by atoms with Crippen LogP contribution in [0.15, 0.2) is 11.8 Å². The summed E-state index contributed by atoms with van der Waals surface area (Å²) in [6, 6.07) is 0. The normalized spacial score (nSPS) is 27.6. The second kappa shape index (κ2) is 5.39. The van der Waals surface area contributed by atoms with E-state index in [4.69, 9.17) is 4.43 Å². The summed E-state index contributed by atoms with van der Waals surface area (Å²) in [7, 11) is -1.44. The van der Waals surface area contributed by atoms with Gasteiger partial charge in [-0.3, -0.25) is 0 Å². The van der Waals surface area contributed by atoms with E-state index in [2.05, 4.69) is 46.5 Å². The quantitative estimate of drug-likeness (QED) is 0.643. The molecule has 0 amide bonds. The molecule has 0 saturated carbocycles. The molecule has 0 bridgehead atoms. The highest BCUT2D eigenvalue weighted by atomic mass is 28.4. The standard InChI is InChI=1S/C14H28OSi/c1-11(2)13-9-7-12(3)8-10-14(13)15-16(4,5)6/h10-13H,7-9H2,1-6H3/t12-,13+/m1/s1. The zero-order valence-electron chi connectivity index (χ0n) is 11.8. The van der Waals surface area contributed by atoms with Crippen LogP contribution >= 0.6 is 0 Å². The maximum Gasteiger partial charge on any atom is 0.241 e. The zero-order valence-corrected chi connectivity index (χ0v) is 12.8. The van der Waals surface area contributed by atoms with Crippen LogP contribution in [-0.2, 0) is 4.43 Å². The van der Waals surface area contributed by atoms with Crippen molar-refractivity contribution in [2.24, 2.45) is 17.8 Å². The van der Waals surface area contributed by atoms with Gasteiger partial charge in [-0.15, -0.1) is 0 Å². The van der Waals surface area contributed by atoms with Gasteiger partial charge in [-0.05, 0) is 56.8 Å². The Hall–Kier alpha value is -0.243. The Balaban J connectivity index is 2.80. The summed E-state index contributed by atoms with van der Waals surface area (Å²) in [5.74, 6) is 3.48. The molecular formula is C14H28OSi. The lowest BCUT2D eigenvalue weighted by Crippen LogP contribution is -2.28. The molecule has 0 spiro atoms. The average molecular weight is 240 g/mol. The van der Waals surface area contributed by atoms with Crippen LogP contribution in [0.25, 0.3) is 0 Å². The van der Waals surface area contributed by atoms with Crippen LogP contribution in [-0.4, -0.2) is 8.32 Å². The third kappa shape index (κ3) is 4.32. The van der Waals surface area contributed by atoms with Gasteiger partial charge in [0.1, 0.15) is 0 Å². The highest BCUT2D eigenvalue weighted by molar-refractivity contribution is 6.70. The maximum atomic E-state index is 6.28. The molecule has 2 atom stereocenters. The fraction of sp³-hybridized carbons (Fsp3) is 0.857.